The van der Waals surface area contributed by atoms with Gasteiger partial charge in [-0.15, -0.1) is 0 Å². The summed E-state index contributed by atoms with van der Waals surface area (Å²) in [5.74, 6) is -0.207. The summed E-state index contributed by atoms with van der Waals surface area (Å²) in [6, 6.07) is -0.678. The molecule has 0 bridgehead atoms. The first-order valence-corrected chi connectivity index (χ1v) is 7.68. The number of carbonyl (C=O) groups excluding carboxylic acids is 1. The van der Waals surface area contributed by atoms with E-state index in [1.165, 1.54) is 18.8 Å². The van der Waals surface area contributed by atoms with Crippen molar-refractivity contribution in [2.24, 2.45) is 5.92 Å². The third-order valence-electron chi connectivity index (χ3n) is 3.46. The Labute approximate surface area is 137 Å². The number of methoxy groups -OCH3 is 2. The van der Waals surface area contributed by atoms with Crippen molar-refractivity contribution < 1.29 is 14.3 Å². The third-order valence-corrected chi connectivity index (χ3v) is 3.46. The summed E-state index contributed by atoms with van der Waals surface area (Å²) in [6.45, 7) is 4.76. The van der Waals surface area contributed by atoms with Crippen molar-refractivity contribution >= 4 is 5.97 Å². The van der Waals surface area contributed by atoms with Crippen LogP contribution < -0.4 is 10.3 Å². The second-order valence-electron chi connectivity index (χ2n) is 6.18. The van der Waals surface area contributed by atoms with Crippen molar-refractivity contribution in [3.05, 3.63) is 22.2 Å². The van der Waals surface area contributed by atoms with Crippen molar-refractivity contribution in [1.29, 1.82) is 0 Å². The monoisotopic (exact) mass is 325 g/mol. The Hall–Kier alpha value is -1.89. The van der Waals surface area contributed by atoms with E-state index in [9.17, 15) is 9.59 Å². The molecule has 0 aromatic carbocycles. The lowest BCUT2D eigenvalue weighted by atomic mass is 10.0. The Kier molecular flexibility index (Phi) is 7.22. The van der Waals surface area contributed by atoms with Crippen molar-refractivity contribution in [2.75, 3.05) is 34.9 Å². The Balaban J connectivity index is 3.31. The molecule has 7 nitrogen and oxygen atoms in total. The van der Waals surface area contributed by atoms with Gasteiger partial charge in [0.2, 0.25) is 0 Å². The first-order valence-electron chi connectivity index (χ1n) is 7.68. The molecule has 0 amide bonds. The SMILES string of the molecule is COC(=O)[C@H](CC(C)C)n1cc(CCN(C)C)nc(OC)c1=O. The van der Waals surface area contributed by atoms with Gasteiger partial charge >= 0.3 is 11.5 Å². The first-order chi connectivity index (χ1) is 10.8. The summed E-state index contributed by atoms with van der Waals surface area (Å²) >= 11 is 0. The zero-order valence-electron chi connectivity index (χ0n) is 14.8. The normalized spacial score (nSPS) is 12.5. The number of esters is 1. The third kappa shape index (κ3) is 5.35. The molecule has 1 rings (SSSR count). The first kappa shape index (κ1) is 19.2. The van der Waals surface area contributed by atoms with E-state index in [-0.39, 0.29) is 11.8 Å². The van der Waals surface area contributed by atoms with Crippen LogP contribution in [0.5, 0.6) is 5.88 Å². The molecule has 7 heteroatoms. The second kappa shape index (κ2) is 8.67. The molecule has 0 unspecified atom stereocenters. The lowest BCUT2D eigenvalue weighted by Crippen LogP contribution is -2.33. The van der Waals surface area contributed by atoms with E-state index in [1.807, 2.05) is 32.8 Å². The highest BCUT2D eigenvalue weighted by molar-refractivity contribution is 5.74. The van der Waals surface area contributed by atoms with E-state index in [2.05, 4.69) is 4.98 Å². The lowest BCUT2D eigenvalue weighted by molar-refractivity contribution is -0.145. The summed E-state index contributed by atoms with van der Waals surface area (Å²) in [6.07, 6.45) is 2.80. The number of carbonyl (C=O) groups is 1. The van der Waals surface area contributed by atoms with Gasteiger partial charge in [0.1, 0.15) is 6.04 Å². The minimum absolute atomic E-state index is 0.00100. The zero-order chi connectivity index (χ0) is 17.6. The molecule has 0 fully saturated rings. The quantitative estimate of drug-likeness (QED) is 0.667. The van der Waals surface area contributed by atoms with Crippen molar-refractivity contribution in [3.8, 4) is 5.88 Å². The number of rotatable bonds is 8. The van der Waals surface area contributed by atoms with E-state index < -0.39 is 17.6 Å². The van der Waals surface area contributed by atoms with E-state index >= 15 is 0 Å². The average Bonchev–Trinajstić information content (AvgIpc) is 2.50. The number of aromatic nitrogens is 2. The summed E-state index contributed by atoms with van der Waals surface area (Å²) in [5.41, 5.74) is 0.282. The zero-order valence-corrected chi connectivity index (χ0v) is 14.8. The molecule has 130 valence electrons. The van der Waals surface area contributed by atoms with Crippen molar-refractivity contribution in [1.82, 2.24) is 14.5 Å². The minimum atomic E-state index is -0.678. The Morgan fingerprint density at radius 1 is 1.35 bits per heavy atom. The Morgan fingerprint density at radius 2 is 2.00 bits per heavy atom. The van der Waals surface area contributed by atoms with Crippen LogP contribution in [0.1, 0.15) is 32.0 Å². The fourth-order valence-electron chi connectivity index (χ4n) is 2.27. The molecule has 0 saturated heterocycles. The van der Waals surface area contributed by atoms with Crippen molar-refractivity contribution in [3.63, 3.8) is 0 Å². The average molecular weight is 325 g/mol. The largest absolute Gasteiger partial charge is 0.477 e. The van der Waals surface area contributed by atoms with Crippen LogP contribution in [-0.4, -0.2) is 55.3 Å². The van der Waals surface area contributed by atoms with Gasteiger partial charge in [0.25, 0.3) is 5.88 Å². The maximum Gasteiger partial charge on any atom is 0.328 e. The maximum atomic E-state index is 12.5. The molecular formula is C16H27N3O4. The van der Waals surface area contributed by atoms with E-state index in [4.69, 9.17) is 9.47 Å². The highest BCUT2D eigenvalue weighted by atomic mass is 16.5. The topological polar surface area (TPSA) is 73.7 Å². The van der Waals surface area contributed by atoms with Gasteiger partial charge < -0.3 is 14.4 Å². The molecule has 1 heterocycles. The molecule has 0 radical (unpaired) electrons. The molecular weight excluding hydrogens is 298 g/mol. The van der Waals surface area contributed by atoms with Gasteiger partial charge in [0.05, 0.1) is 19.9 Å². The molecule has 23 heavy (non-hydrogen) atoms. The predicted octanol–water partition coefficient (Wildman–Crippen LogP) is 1.12. The summed E-state index contributed by atoms with van der Waals surface area (Å²) in [5, 5.41) is 0. The van der Waals surface area contributed by atoms with E-state index in [0.29, 0.717) is 18.5 Å². The smallest absolute Gasteiger partial charge is 0.328 e. The number of likely N-dealkylation sites (N-methyl/N-ethyl adjacent to an activating group) is 1. The Morgan fingerprint density at radius 3 is 2.48 bits per heavy atom. The highest BCUT2D eigenvalue weighted by Crippen LogP contribution is 2.19. The van der Waals surface area contributed by atoms with Crippen LogP contribution in [0.15, 0.2) is 11.0 Å². The van der Waals surface area contributed by atoms with Crippen molar-refractivity contribution in [2.45, 2.75) is 32.7 Å². The van der Waals surface area contributed by atoms with E-state index in [1.54, 1.807) is 6.20 Å². The molecule has 1 aromatic heterocycles. The number of ether oxygens (including phenoxy) is 2. The molecule has 0 N–H and O–H groups in total. The standard InChI is InChI=1S/C16H27N3O4/c1-11(2)9-13(16(21)23-6)19-10-12(7-8-18(3)4)17-14(22-5)15(19)20/h10-11,13H,7-9H2,1-6H3/t13-/m0/s1. The number of hydrogen-bond acceptors (Lipinski definition) is 6. The second-order valence-corrected chi connectivity index (χ2v) is 6.18. The summed E-state index contributed by atoms with van der Waals surface area (Å²) < 4.78 is 11.3. The Bertz CT molecular complexity index is 581. The molecule has 0 aliphatic heterocycles. The molecule has 1 atom stereocenters. The minimum Gasteiger partial charge on any atom is -0.477 e. The van der Waals surface area contributed by atoms with Gasteiger partial charge in [-0.25, -0.2) is 9.78 Å². The van der Waals surface area contributed by atoms with Gasteiger partial charge in [-0.3, -0.25) is 9.36 Å². The van der Waals surface area contributed by atoms with Gasteiger partial charge in [-0.1, -0.05) is 13.8 Å². The van der Waals surface area contributed by atoms with Crippen LogP contribution in [0.2, 0.25) is 0 Å². The summed E-state index contributed by atoms with van der Waals surface area (Å²) in [7, 11) is 6.65. The van der Waals surface area contributed by atoms with Gasteiger partial charge in [0, 0.05) is 19.2 Å². The predicted molar refractivity (Wildman–Crippen MR) is 87.8 cm³/mol. The highest BCUT2D eigenvalue weighted by Gasteiger charge is 2.25. The molecule has 0 aliphatic rings. The van der Waals surface area contributed by atoms with Crippen LogP contribution >= 0.6 is 0 Å². The molecule has 0 saturated carbocycles. The molecule has 0 spiro atoms. The molecule has 1 aromatic rings. The van der Waals surface area contributed by atoms with Gasteiger partial charge in [0.15, 0.2) is 0 Å². The van der Waals surface area contributed by atoms with Gasteiger partial charge in [-0.2, -0.15) is 0 Å². The van der Waals surface area contributed by atoms with Crippen LogP contribution in [0.4, 0.5) is 0 Å². The van der Waals surface area contributed by atoms with Crippen LogP contribution in [0, 0.1) is 5.92 Å². The van der Waals surface area contributed by atoms with E-state index in [0.717, 1.165) is 6.54 Å². The maximum absolute atomic E-state index is 12.5. The summed E-state index contributed by atoms with van der Waals surface area (Å²) in [4.78, 5) is 30.9. The number of hydrogen-bond donors (Lipinski definition) is 0. The van der Waals surface area contributed by atoms with Crippen LogP contribution in [0.3, 0.4) is 0 Å². The van der Waals surface area contributed by atoms with Crippen LogP contribution in [0.25, 0.3) is 0 Å². The lowest BCUT2D eigenvalue weighted by Gasteiger charge is -2.21. The fraction of sp³-hybridized carbons (Fsp3) is 0.688. The van der Waals surface area contributed by atoms with Crippen LogP contribution in [-0.2, 0) is 16.0 Å². The van der Waals surface area contributed by atoms with Gasteiger partial charge in [-0.05, 0) is 26.4 Å². The number of nitrogens with zero attached hydrogens (tertiary/aromatic N) is 3. The fourth-order valence-corrected chi connectivity index (χ4v) is 2.27. The molecule has 0 aliphatic carbocycles.